The zero-order valence-electron chi connectivity index (χ0n) is 14.6. The van der Waals surface area contributed by atoms with Crippen LogP contribution in [0.3, 0.4) is 0 Å². The van der Waals surface area contributed by atoms with Crippen molar-refractivity contribution in [2.45, 2.75) is 65.2 Å². The van der Waals surface area contributed by atoms with Gasteiger partial charge in [-0.15, -0.1) is 0 Å². The standard InChI is InChI=1S/C20H28O3/c1-19-11-9-16(21)18(23-3)15(19)5-4-12-13-6-7-17(22)20(13,2)10-8-14(12)19/h12-14H,4-11H2,1-3H3/t12-,13-,14+,19+,20-/m0/s1. The SMILES string of the molecule is COC1=C2CC[C@@H]3[C@@H](CC[C@]4(C)C(=O)CC[C@@H]34)[C@@]2(C)CCC1=O. The van der Waals surface area contributed by atoms with Crippen molar-refractivity contribution in [1.82, 2.24) is 0 Å². The van der Waals surface area contributed by atoms with Crippen molar-refractivity contribution in [3.63, 3.8) is 0 Å². The Bertz CT molecular complexity index is 604. The molecule has 4 aliphatic carbocycles. The molecule has 0 aromatic heterocycles. The minimum atomic E-state index is -0.0622. The van der Waals surface area contributed by atoms with Gasteiger partial charge in [-0.2, -0.15) is 0 Å². The average molecular weight is 316 g/mol. The second-order valence-electron chi connectivity index (χ2n) is 8.69. The Balaban J connectivity index is 1.73. The van der Waals surface area contributed by atoms with Crippen LogP contribution in [0.4, 0.5) is 0 Å². The summed E-state index contributed by atoms with van der Waals surface area (Å²) in [6, 6.07) is 0. The lowest BCUT2D eigenvalue weighted by Gasteiger charge is -2.57. The normalized spacial score (nSPS) is 46.3. The van der Waals surface area contributed by atoms with Crippen LogP contribution in [-0.2, 0) is 14.3 Å². The number of hydrogen-bond acceptors (Lipinski definition) is 3. The topological polar surface area (TPSA) is 43.4 Å². The molecule has 0 aromatic rings. The minimum Gasteiger partial charge on any atom is -0.493 e. The Morgan fingerprint density at radius 1 is 0.913 bits per heavy atom. The quantitative estimate of drug-likeness (QED) is 0.732. The van der Waals surface area contributed by atoms with Crippen molar-refractivity contribution in [3.8, 4) is 0 Å². The summed E-state index contributed by atoms with van der Waals surface area (Å²) in [6.45, 7) is 4.59. The van der Waals surface area contributed by atoms with Crippen LogP contribution in [-0.4, -0.2) is 18.7 Å². The van der Waals surface area contributed by atoms with E-state index in [1.54, 1.807) is 7.11 Å². The van der Waals surface area contributed by atoms with E-state index in [9.17, 15) is 9.59 Å². The van der Waals surface area contributed by atoms with Gasteiger partial charge in [0.15, 0.2) is 11.5 Å². The third kappa shape index (κ3) is 1.88. The summed E-state index contributed by atoms with van der Waals surface area (Å²) in [6.07, 6.45) is 7.73. The molecule has 4 aliphatic rings. The first-order valence-corrected chi connectivity index (χ1v) is 9.26. The monoisotopic (exact) mass is 316 g/mol. The number of methoxy groups -OCH3 is 1. The minimum absolute atomic E-state index is 0.0622. The molecule has 0 aliphatic heterocycles. The van der Waals surface area contributed by atoms with Crippen molar-refractivity contribution >= 4 is 11.6 Å². The summed E-state index contributed by atoms with van der Waals surface area (Å²) in [7, 11) is 1.64. The molecule has 0 saturated heterocycles. The number of carbonyl (C=O) groups excluding carboxylic acids is 2. The van der Waals surface area contributed by atoms with Crippen LogP contribution in [0.5, 0.6) is 0 Å². The first kappa shape index (κ1) is 15.4. The fourth-order valence-electron chi connectivity index (χ4n) is 6.67. The van der Waals surface area contributed by atoms with Crippen molar-refractivity contribution in [2.75, 3.05) is 7.11 Å². The third-order valence-electron chi connectivity index (χ3n) is 7.98. The predicted octanol–water partition coefficient (Wildman–Crippen LogP) is 4.06. The Hall–Kier alpha value is -1.12. The second-order valence-corrected chi connectivity index (χ2v) is 8.69. The lowest BCUT2D eigenvalue weighted by atomic mass is 9.47. The lowest BCUT2D eigenvalue weighted by molar-refractivity contribution is -0.133. The molecule has 5 atom stereocenters. The summed E-state index contributed by atoms with van der Waals surface area (Å²) in [5, 5.41) is 0. The van der Waals surface area contributed by atoms with Gasteiger partial charge in [0.05, 0.1) is 7.11 Å². The molecule has 126 valence electrons. The largest absolute Gasteiger partial charge is 0.493 e. The van der Waals surface area contributed by atoms with E-state index < -0.39 is 0 Å². The van der Waals surface area contributed by atoms with Crippen LogP contribution < -0.4 is 0 Å². The summed E-state index contributed by atoms with van der Waals surface area (Å²) in [5.41, 5.74) is 1.33. The van der Waals surface area contributed by atoms with Crippen molar-refractivity contribution < 1.29 is 14.3 Å². The Labute approximate surface area is 138 Å². The molecule has 4 rings (SSSR count). The number of allylic oxidation sites excluding steroid dienone is 1. The van der Waals surface area contributed by atoms with E-state index in [1.165, 1.54) is 5.57 Å². The Morgan fingerprint density at radius 2 is 1.65 bits per heavy atom. The van der Waals surface area contributed by atoms with Gasteiger partial charge in [0.1, 0.15) is 5.78 Å². The highest BCUT2D eigenvalue weighted by Gasteiger charge is 2.59. The smallest absolute Gasteiger partial charge is 0.197 e. The molecule has 3 fully saturated rings. The molecule has 3 nitrogen and oxygen atoms in total. The van der Waals surface area contributed by atoms with E-state index in [0.29, 0.717) is 35.7 Å². The molecule has 3 heteroatoms. The number of hydrogen-bond donors (Lipinski definition) is 0. The molecule has 23 heavy (non-hydrogen) atoms. The molecule has 0 radical (unpaired) electrons. The molecule has 0 bridgehead atoms. The summed E-state index contributed by atoms with van der Waals surface area (Å²) >= 11 is 0. The maximum Gasteiger partial charge on any atom is 0.197 e. The zero-order chi connectivity index (χ0) is 16.4. The summed E-state index contributed by atoms with van der Waals surface area (Å²) < 4.78 is 5.52. The molecule has 3 saturated carbocycles. The lowest BCUT2D eigenvalue weighted by Crippen LogP contribution is -2.51. The second kappa shape index (κ2) is 4.94. The van der Waals surface area contributed by atoms with Gasteiger partial charge >= 0.3 is 0 Å². The van der Waals surface area contributed by atoms with Gasteiger partial charge in [-0.1, -0.05) is 13.8 Å². The van der Waals surface area contributed by atoms with Crippen molar-refractivity contribution in [2.24, 2.45) is 28.6 Å². The number of Topliss-reactive ketones (excluding diaryl/α,β-unsaturated/α-hetero) is 2. The van der Waals surface area contributed by atoms with Crippen LogP contribution in [0.2, 0.25) is 0 Å². The molecule has 0 spiro atoms. The van der Waals surface area contributed by atoms with E-state index in [2.05, 4.69) is 13.8 Å². The number of fused-ring (bicyclic) bond motifs is 5. The van der Waals surface area contributed by atoms with Crippen molar-refractivity contribution in [1.29, 1.82) is 0 Å². The number of ether oxygens (including phenoxy) is 1. The van der Waals surface area contributed by atoms with Gasteiger partial charge in [0, 0.05) is 18.3 Å². The zero-order valence-corrected chi connectivity index (χ0v) is 14.6. The molecule has 0 unspecified atom stereocenters. The molecule has 0 amide bonds. The van der Waals surface area contributed by atoms with Gasteiger partial charge in [-0.05, 0) is 67.3 Å². The summed E-state index contributed by atoms with van der Waals surface area (Å²) in [5.74, 6) is 3.19. The third-order valence-corrected chi connectivity index (χ3v) is 7.98. The molecule has 0 aromatic carbocycles. The highest BCUT2D eigenvalue weighted by atomic mass is 16.5. The molecular weight excluding hydrogens is 288 g/mol. The number of rotatable bonds is 1. The van der Waals surface area contributed by atoms with E-state index in [0.717, 1.165) is 44.9 Å². The van der Waals surface area contributed by atoms with E-state index >= 15 is 0 Å². The predicted molar refractivity (Wildman–Crippen MR) is 87.7 cm³/mol. The molecule has 0 heterocycles. The first-order valence-electron chi connectivity index (χ1n) is 9.26. The fraction of sp³-hybridized carbons (Fsp3) is 0.800. The van der Waals surface area contributed by atoms with Crippen LogP contribution in [0, 0.1) is 28.6 Å². The molecule has 0 N–H and O–H groups in total. The van der Waals surface area contributed by atoms with Gasteiger partial charge in [-0.25, -0.2) is 0 Å². The number of carbonyl (C=O) groups is 2. The van der Waals surface area contributed by atoms with Crippen LogP contribution >= 0.6 is 0 Å². The van der Waals surface area contributed by atoms with Crippen LogP contribution in [0.15, 0.2) is 11.3 Å². The van der Waals surface area contributed by atoms with Crippen molar-refractivity contribution in [3.05, 3.63) is 11.3 Å². The van der Waals surface area contributed by atoms with Crippen LogP contribution in [0.1, 0.15) is 65.2 Å². The Kier molecular flexibility index (Phi) is 3.31. The summed E-state index contributed by atoms with van der Waals surface area (Å²) in [4.78, 5) is 24.7. The average Bonchev–Trinajstić information content (AvgIpc) is 2.83. The first-order chi connectivity index (χ1) is 10.9. The maximum absolute atomic E-state index is 12.4. The van der Waals surface area contributed by atoms with Gasteiger partial charge in [0.2, 0.25) is 0 Å². The highest BCUT2D eigenvalue weighted by molar-refractivity contribution is 5.95. The highest BCUT2D eigenvalue weighted by Crippen LogP contribution is 2.64. The van der Waals surface area contributed by atoms with E-state index in [1.807, 2.05) is 0 Å². The fourth-order valence-corrected chi connectivity index (χ4v) is 6.67. The molecular formula is C20H28O3. The van der Waals surface area contributed by atoms with Gasteiger partial charge in [0.25, 0.3) is 0 Å². The maximum atomic E-state index is 12.4. The van der Waals surface area contributed by atoms with E-state index in [4.69, 9.17) is 4.74 Å². The van der Waals surface area contributed by atoms with Gasteiger partial charge < -0.3 is 4.74 Å². The number of ketones is 2. The Morgan fingerprint density at radius 3 is 2.39 bits per heavy atom. The van der Waals surface area contributed by atoms with Crippen LogP contribution in [0.25, 0.3) is 0 Å². The van der Waals surface area contributed by atoms with E-state index in [-0.39, 0.29) is 16.6 Å². The van der Waals surface area contributed by atoms with Gasteiger partial charge in [-0.3, -0.25) is 9.59 Å².